The molecule has 1 aliphatic heterocycles. The highest BCUT2D eigenvalue weighted by Gasteiger charge is 2.21. The molecule has 1 heterocycles. The van der Waals surface area contributed by atoms with Gasteiger partial charge in [-0.05, 0) is 50.6 Å². The summed E-state index contributed by atoms with van der Waals surface area (Å²) in [7, 11) is -3.78. The van der Waals surface area contributed by atoms with Crippen molar-refractivity contribution in [3.05, 3.63) is 23.8 Å². The standard InChI is InChI=1S/C13H19N3O3S/c1-9-2-3-11(8-12(9)20(14,18)19)16-13(17)10-4-6-15-7-5-10/h2-3,8,10,15H,4-7H2,1H3,(H,16,17)(H2,14,18,19). The van der Waals surface area contributed by atoms with Gasteiger partial charge < -0.3 is 10.6 Å². The van der Waals surface area contributed by atoms with E-state index >= 15 is 0 Å². The number of piperidine rings is 1. The van der Waals surface area contributed by atoms with Crippen molar-refractivity contribution in [1.82, 2.24) is 5.32 Å². The lowest BCUT2D eigenvalue weighted by molar-refractivity contribution is -0.120. The number of benzene rings is 1. The van der Waals surface area contributed by atoms with Crippen LogP contribution in [0, 0.1) is 12.8 Å². The third kappa shape index (κ3) is 3.56. The first kappa shape index (κ1) is 15.0. The summed E-state index contributed by atoms with van der Waals surface area (Å²) in [6.45, 7) is 3.32. The minimum atomic E-state index is -3.78. The zero-order chi connectivity index (χ0) is 14.8. The lowest BCUT2D eigenvalue weighted by Gasteiger charge is -2.22. The van der Waals surface area contributed by atoms with Crippen molar-refractivity contribution in [2.24, 2.45) is 11.1 Å². The summed E-state index contributed by atoms with van der Waals surface area (Å²) in [5.74, 6) is -0.105. The summed E-state index contributed by atoms with van der Waals surface area (Å²) < 4.78 is 22.9. The normalized spacial score (nSPS) is 16.9. The van der Waals surface area contributed by atoms with Gasteiger partial charge >= 0.3 is 0 Å². The highest BCUT2D eigenvalue weighted by atomic mass is 32.2. The molecule has 20 heavy (non-hydrogen) atoms. The Hall–Kier alpha value is -1.44. The van der Waals surface area contributed by atoms with Crippen molar-refractivity contribution in [2.75, 3.05) is 18.4 Å². The van der Waals surface area contributed by atoms with Gasteiger partial charge in [0.1, 0.15) is 0 Å². The number of aryl methyl sites for hydroxylation is 1. The summed E-state index contributed by atoms with van der Waals surface area (Å²) in [6.07, 6.45) is 1.58. The fourth-order valence-corrected chi connectivity index (χ4v) is 3.12. The van der Waals surface area contributed by atoms with Crippen LogP contribution in [0.1, 0.15) is 18.4 Å². The number of rotatable bonds is 3. The van der Waals surface area contributed by atoms with Crippen LogP contribution in [0.15, 0.2) is 23.1 Å². The molecule has 0 aromatic heterocycles. The number of carbonyl (C=O) groups is 1. The van der Waals surface area contributed by atoms with Gasteiger partial charge in [-0.25, -0.2) is 13.6 Å². The molecule has 110 valence electrons. The van der Waals surface area contributed by atoms with Crippen molar-refractivity contribution in [2.45, 2.75) is 24.7 Å². The number of amides is 1. The van der Waals surface area contributed by atoms with Crippen molar-refractivity contribution in [1.29, 1.82) is 0 Å². The van der Waals surface area contributed by atoms with E-state index in [0.29, 0.717) is 11.3 Å². The minimum absolute atomic E-state index is 0.0320. The summed E-state index contributed by atoms with van der Waals surface area (Å²) in [5, 5.41) is 11.1. The summed E-state index contributed by atoms with van der Waals surface area (Å²) >= 11 is 0. The van der Waals surface area contributed by atoms with E-state index in [4.69, 9.17) is 5.14 Å². The van der Waals surface area contributed by atoms with Crippen LogP contribution in [0.3, 0.4) is 0 Å². The van der Waals surface area contributed by atoms with E-state index in [9.17, 15) is 13.2 Å². The third-order valence-electron chi connectivity index (χ3n) is 3.47. The van der Waals surface area contributed by atoms with Crippen LogP contribution >= 0.6 is 0 Å². The SMILES string of the molecule is Cc1ccc(NC(=O)C2CCNCC2)cc1S(N)(=O)=O. The molecule has 1 aliphatic rings. The topological polar surface area (TPSA) is 101 Å². The molecule has 2 rings (SSSR count). The predicted molar refractivity (Wildman–Crippen MR) is 76.8 cm³/mol. The Labute approximate surface area is 118 Å². The quantitative estimate of drug-likeness (QED) is 0.759. The van der Waals surface area contributed by atoms with E-state index in [1.54, 1.807) is 19.1 Å². The van der Waals surface area contributed by atoms with Crippen molar-refractivity contribution in [3.63, 3.8) is 0 Å². The molecule has 0 bridgehead atoms. The second-order valence-electron chi connectivity index (χ2n) is 5.04. The third-order valence-corrected chi connectivity index (χ3v) is 4.53. The number of hydrogen-bond acceptors (Lipinski definition) is 4. The average molecular weight is 297 g/mol. The second-order valence-corrected chi connectivity index (χ2v) is 6.57. The number of sulfonamides is 1. The maximum Gasteiger partial charge on any atom is 0.238 e. The maximum absolute atomic E-state index is 12.1. The molecule has 4 N–H and O–H groups in total. The van der Waals surface area contributed by atoms with Gasteiger partial charge in [0, 0.05) is 11.6 Å². The Bertz CT molecular complexity index is 607. The van der Waals surface area contributed by atoms with Crippen molar-refractivity contribution >= 4 is 21.6 Å². The van der Waals surface area contributed by atoms with Gasteiger partial charge in [-0.3, -0.25) is 4.79 Å². The summed E-state index contributed by atoms with van der Waals surface area (Å²) in [6, 6.07) is 4.73. The van der Waals surface area contributed by atoms with Crippen LogP contribution in [0.5, 0.6) is 0 Å². The molecular formula is C13H19N3O3S. The largest absolute Gasteiger partial charge is 0.326 e. The van der Waals surface area contributed by atoms with Crippen LogP contribution in [-0.2, 0) is 14.8 Å². The molecule has 1 fully saturated rings. The lowest BCUT2D eigenvalue weighted by atomic mass is 9.97. The highest BCUT2D eigenvalue weighted by molar-refractivity contribution is 7.89. The Balaban J connectivity index is 2.15. The molecule has 0 spiro atoms. The van der Waals surface area contributed by atoms with E-state index in [1.807, 2.05) is 0 Å². The number of primary sulfonamides is 1. The molecule has 0 aliphatic carbocycles. The summed E-state index contributed by atoms with van der Waals surface area (Å²) in [5.41, 5.74) is 1.02. The maximum atomic E-state index is 12.1. The Morgan fingerprint density at radius 1 is 1.35 bits per heavy atom. The number of nitrogens with one attached hydrogen (secondary N) is 2. The molecule has 0 atom stereocenters. The van der Waals surface area contributed by atoms with Gasteiger partial charge in [0.15, 0.2) is 0 Å². The van der Waals surface area contributed by atoms with E-state index in [-0.39, 0.29) is 16.7 Å². The number of hydrogen-bond donors (Lipinski definition) is 3. The lowest BCUT2D eigenvalue weighted by Crippen LogP contribution is -2.34. The van der Waals surface area contributed by atoms with E-state index in [2.05, 4.69) is 10.6 Å². The Morgan fingerprint density at radius 3 is 2.60 bits per heavy atom. The van der Waals surface area contributed by atoms with Crippen molar-refractivity contribution in [3.8, 4) is 0 Å². The number of carbonyl (C=O) groups excluding carboxylic acids is 1. The van der Waals surface area contributed by atoms with Crippen LogP contribution in [0.2, 0.25) is 0 Å². The van der Waals surface area contributed by atoms with Gasteiger partial charge in [0.2, 0.25) is 15.9 Å². The smallest absolute Gasteiger partial charge is 0.238 e. The molecule has 0 saturated carbocycles. The van der Waals surface area contributed by atoms with Gasteiger partial charge in [-0.2, -0.15) is 0 Å². The fourth-order valence-electron chi connectivity index (χ4n) is 2.31. The first-order chi connectivity index (χ1) is 9.38. The molecule has 7 heteroatoms. The Morgan fingerprint density at radius 2 is 2.00 bits per heavy atom. The average Bonchev–Trinajstić information content (AvgIpc) is 2.40. The molecule has 1 saturated heterocycles. The van der Waals surface area contributed by atoms with Gasteiger partial charge in [0.05, 0.1) is 4.90 Å². The van der Waals surface area contributed by atoms with Crippen molar-refractivity contribution < 1.29 is 13.2 Å². The fraction of sp³-hybridized carbons (Fsp3) is 0.462. The number of nitrogens with two attached hydrogens (primary N) is 1. The van der Waals surface area contributed by atoms with Gasteiger partial charge in [-0.1, -0.05) is 6.07 Å². The minimum Gasteiger partial charge on any atom is -0.326 e. The van der Waals surface area contributed by atoms with Crippen LogP contribution < -0.4 is 15.8 Å². The molecule has 6 nitrogen and oxygen atoms in total. The molecule has 0 unspecified atom stereocenters. The Kier molecular flexibility index (Phi) is 4.42. The van der Waals surface area contributed by atoms with Crippen LogP contribution in [0.4, 0.5) is 5.69 Å². The molecule has 1 amide bonds. The van der Waals surface area contributed by atoms with Crippen LogP contribution in [-0.4, -0.2) is 27.4 Å². The summed E-state index contributed by atoms with van der Waals surface area (Å²) in [4.78, 5) is 12.1. The van der Waals surface area contributed by atoms with E-state index in [1.165, 1.54) is 6.07 Å². The molecule has 1 aromatic carbocycles. The highest BCUT2D eigenvalue weighted by Crippen LogP contribution is 2.21. The number of anilines is 1. The van der Waals surface area contributed by atoms with Gasteiger partial charge in [0.25, 0.3) is 0 Å². The van der Waals surface area contributed by atoms with Gasteiger partial charge in [-0.15, -0.1) is 0 Å². The predicted octanol–water partition coefficient (Wildman–Crippen LogP) is 0.581. The first-order valence-corrected chi connectivity index (χ1v) is 8.07. The zero-order valence-corrected chi connectivity index (χ0v) is 12.2. The van der Waals surface area contributed by atoms with E-state index < -0.39 is 10.0 Å². The first-order valence-electron chi connectivity index (χ1n) is 6.53. The molecule has 1 aromatic rings. The van der Waals surface area contributed by atoms with Crippen LogP contribution in [0.25, 0.3) is 0 Å². The zero-order valence-electron chi connectivity index (χ0n) is 11.3. The second kappa shape index (κ2) is 5.90. The molecular weight excluding hydrogens is 278 g/mol. The molecule has 0 radical (unpaired) electrons. The monoisotopic (exact) mass is 297 g/mol. The van der Waals surface area contributed by atoms with E-state index in [0.717, 1.165) is 25.9 Å².